The van der Waals surface area contributed by atoms with E-state index in [0.29, 0.717) is 5.69 Å². The molecule has 0 saturated carbocycles. The van der Waals surface area contributed by atoms with Gasteiger partial charge < -0.3 is 4.90 Å². The van der Waals surface area contributed by atoms with E-state index in [1.54, 1.807) is 12.1 Å². The molecule has 1 nitrogen and oxygen atoms in total. The molecule has 0 aliphatic heterocycles. The molecule has 0 amide bonds. The fourth-order valence-electron chi connectivity index (χ4n) is 1.01. The SMILES string of the molecule is CN(CCBr)c1ccccc1F. The molecule has 0 radical (unpaired) electrons. The van der Waals surface area contributed by atoms with Crippen molar-refractivity contribution in [2.24, 2.45) is 0 Å². The van der Waals surface area contributed by atoms with Gasteiger partial charge in [0.2, 0.25) is 0 Å². The Labute approximate surface area is 80.3 Å². The largest absolute Gasteiger partial charge is 0.371 e. The van der Waals surface area contributed by atoms with Crippen molar-refractivity contribution in [1.29, 1.82) is 0 Å². The normalized spacial score (nSPS) is 9.92. The Morgan fingerprint density at radius 3 is 2.67 bits per heavy atom. The maximum Gasteiger partial charge on any atom is 0.146 e. The lowest BCUT2D eigenvalue weighted by molar-refractivity contribution is 0.624. The van der Waals surface area contributed by atoms with Gasteiger partial charge in [0.15, 0.2) is 0 Å². The third-order valence-corrected chi connectivity index (χ3v) is 2.04. The quantitative estimate of drug-likeness (QED) is 0.724. The van der Waals surface area contributed by atoms with Crippen LogP contribution in [0.15, 0.2) is 24.3 Å². The predicted molar refractivity (Wildman–Crippen MR) is 53.5 cm³/mol. The third kappa shape index (κ3) is 2.21. The van der Waals surface area contributed by atoms with Gasteiger partial charge >= 0.3 is 0 Å². The Hall–Kier alpha value is -0.570. The number of para-hydroxylation sites is 1. The van der Waals surface area contributed by atoms with E-state index >= 15 is 0 Å². The van der Waals surface area contributed by atoms with Gasteiger partial charge in [-0.15, -0.1) is 0 Å². The Balaban J connectivity index is 2.79. The molecule has 0 spiro atoms. The first kappa shape index (κ1) is 9.52. The summed E-state index contributed by atoms with van der Waals surface area (Å²) in [6.45, 7) is 0.806. The average Bonchev–Trinajstić information content (AvgIpc) is 2.05. The van der Waals surface area contributed by atoms with Crippen molar-refractivity contribution in [2.75, 3.05) is 23.8 Å². The molecule has 1 rings (SSSR count). The highest BCUT2D eigenvalue weighted by Crippen LogP contribution is 2.16. The summed E-state index contributed by atoms with van der Waals surface area (Å²) in [4.78, 5) is 1.88. The Morgan fingerprint density at radius 1 is 1.42 bits per heavy atom. The van der Waals surface area contributed by atoms with E-state index in [0.717, 1.165) is 11.9 Å². The van der Waals surface area contributed by atoms with Crippen molar-refractivity contribution >= 4 is 21.6 Å². The summed E-state index contributed by atoms with van der Waals surface area (Å²) in [5.41, 5.74) is 0.650. The fourth-order valence-corrected chi connectivity index (χ4v) is 1.54. The lowest BCUT2D eigenvalue weighted by atomic mass is 10.3. The van der Waals surface area contributed by atoms with Crippen molar-refractivity contribution in [2.45, 2.75) is 0 Å². The van der Waals surface area contributed by atoms with Gasteiger partial charge in [-0.2, -0.15) is 0 Å². The van der Waals surface area contributed by atoms with E-state index in [4.69, 9.17) is 0 Å². The molecule has 0 fully saturated rings. The molecular weight excluding hydrogens is 221 g/mol. The zero-order chi connectivity index (χ0) is 8.97. The minimum atomic E-state index is -0.166. The van der Waals surface area contributed by atoms with E-state index in [-0.39, 0.29) is 5.82 Å². The minimum Gasteiger partial charge on any atom is -0.371 e. The fraction of sp³-hybridized carbons (Fsp3) is 0.333. The van der Waals surface area contributed by atoms with Crippen LogP contribution in [-0.4, -0.2) is 18.9 Å². The standard InChI is InChI=1S/C9H11BrFN/c1-12(7-6-10)9-5-3-2-4-8(9)11/h2-5H,6-7H2,1H3. The predicted octanol–water partition coefficient (Wildman–Crippen LogP) is 2.66. The maximum absolute atomic E-state index is 13.1. The first-order valence-corrected chi connectivity index (χ1v) is 4.89. The van der Waals surface area contributed by atoms with E-state index in [2.05, 4.69) is 15.9 Å². The monoisotopic (exact) mass is 231 g/mol. The smallest absolute Gasteiger partial charge is 0.146 e. The minimum absolute atomic E-state index is 0.166. The second-order valence-corrected chi connectivity index (χ2v) is 3.35. The van der Waals surface area contributed by atoms with Crippen LogP contribution in [0.4, 0.5) is 10.1 Å². The molecule has 0 bridgehead atoms. The summed E-state index contributed by atoms with van der Waals surface area (Å²) in [7, 11) is 1.87. The Bertz CT molecular complexity index is 252. The van der Waals surface area contributed by atoms with E-state index in [1.807, 2.05) is 18.0 Å². The number of hydrogen-bond acceptors (Lipinski definition) is 1. The topological polar surface area (TPSA) is 3.24 Å². The molecule has 0 aliphatic carbocycles. The van der Waals surface area contributed by atoms with Gasteiger partial charge in [0.1, 0.15) is 5.82 Å². The second-order valence-electron chi connectivity index (χ2n) is 2.56. The van der Waals surface area contributed by atoms with Crippen molar-refractivity contribution in [3.8, 4) is 0 Å². The Morgan fingerprint density at radius 2 is 2.08 bits per heavy atom. The van der Waals surface area contributed by atoms with Gasteiger partial charge in [0, 0.05) is 18.9 Å². The van der Waals surface area contributed by atoms with Gasteiger partial charge in [-0.05, 0) is 12.1 Å². The summed E-state index contributed by atoms with van der Waals surface area (Å²) >= 11 is 3.31. The number of anilines is 1. The van der Waals surface area contributed by atoms with Crippen molar-refractivity contribution in [3.05, 3.63) is 30.1 Å². The van der Waals surface area contributed by atoms with E-state index in [1.165, 1.54) is 6.07 Å². The van der Waals surface area contributed by atoms with Crippen LogP contribution >= 0.6 is 15.9 Å². The Kier molecular flexibility index (Phi) is 3.53. The molecule has 0 atom stereocenters. The summed E-state index contributed by atoms with van der Waals surface area (Å²) < 4.78 is 13.1. The zero-order valence-electron chi connectivity index (χ0n) is 6.93. The molecule has 0 heterocycles. The zero-order valence-corrected chi connectivity index (χ0v) is 8.51. The van der Waals surface area contributed by atoms with Crippen LogP contribution in [0.25, 0.3) is 0 Å². The van der Waals surface area contributed by atoms with Gasteiger partial charge in [0.25, 0.3) is 0 Å². The molecule has 0 aromatic heterocycles. The molecule has 3 heteroatoms. The van der Waals surface area contributed by atoms with Gasteiger partial charge in [-0.3, -0.25) is 0 Å². The number of hydrogen-bond donors (Lipinski definition) is 0. The van der Waals surface area contributed by atoms with Gasteiger partial charge in [-0.1, -0.05) is 28.1 Å². The molecule has 12 heavy (non-hydrogen) atoms. The summed E-state index contributed by atoms with van der Waals surface area (Å²) in [5.74, 6) is -0.166. The lowest BCUT2D eigenvalue weighted by Gasteiger charge is -2.17. The van der Waals surface area contributed by atoms with Crippen LogP contribution in [0.3, 0.4) is 0 Å². The summed E-state index contributed by atoms with van der Waals surface area (Å²) in [6, 6.07) is 6.78. The molecule has 0 N–H and O–H groups in total. The summed E-state index contributed by atoms with van der Waals surface area (Å²) in [6.07, 6.45) is 0. The third-order valence-electron chi connectivity index (χ3n) is 1.68. The van der Waals surface area contributed by atoms with Crippen LogP contribution in [0, 0.1) is 5.82 Å². The first-order chi connectivity index (χ1) is 5.75. The van der Waals surface area contributed by atoms with Crippen LogP contribution in [-0.2, 0) is 0 Å². The maximum atomic E-state index is 13.1. The molecule has 1 aromatic carbocycles. The molecular formula is C9H11BrFN. The molecule has 66 valence electrons. The molecule has 0 unspecified atom stereocenters. The number of halogens is 2. The van der Waals surface area contributed by atoms with Crippen molar-refractivity contribution < 1.29 is 4.39 Å². The highest BCUT2D eigenvalue weighted by Gasteiger charge is 2.04. The number of benzene rings is 1. The van der Waals surface area contributed by atoms with Crippen molar-refractivity contribution in [1.82, 2.24) is 0 Å². The number of alkyl halides is 1. The average molecular weight is 232 g/mol. The lowest BCUT2D eigenvalue weighted by Crippen LogP contribution is -2.20. The second kappa shape index (κ2) is 4.45. The number of rotatable bonds is 3. The van der Waals surface area contributed by atoms with E-state index in [9.17, 15) is 4.39 Å². The molecule has 1 aromatic rings. The molecule has 0 aliphatic rings. The number of nitrogens with zero attached hydrogens (tertiary/aromatic N) is 1. The molecule has 0 saturated heterocycles. The van der Waals surface area contributed by atoms with Crippen LogP contribution in [0.2, 0.25) is 0 Å². The van der Waals surface area contributed by atoms with Crippen LogP contribution in [0.1, 0.15) is 0 Å². The summed E-state index contributed by atoms with van der Waals surface area (Å²) in [5, 5.41) is 0.845. The van der Waals surface area contributed by atoms with Gasteiger partial charge in [0.05, 0.1) is 5.69 Å². The highest BCUT2D eigenvalue weighted by atomic mass is 79.9. The highest BCUT2D eigenvalue weighted by molar-refractivity contribution is 9.09. The van der Waals surface area contributed by atoms with Gasteiger partial charge in [-0.25, -0.2) is 4.39 Å². The van der Waals surface area contributed by atoms with Crippen LogP contribution < -0.4 is 4.90 Å². The van der Waals surface area contributed by atoms with Crippen LogP contribution in [0.5, 0.6) is 0 Å². The van der Waals surface area contributed by atoms with E-state index < -0.39 is 0 Å². The van der Waals surface area contributed by atoms with Crippen molar-refractivity contribution in [3.63, 3.8) is 0 Å². The first-order valence-electron chi connectivity index (χ1n) is 3.77.